The second kappa shape index (κ2) is 3.20. The molecule has 5 heteroatoms. The maximum Gasteiger partial charge on any atom is 0.324 e. The van der Waals surface area contributed by atoms with Gasteiger partial charge in [-0.1, -0.05) is 0 Å². The molecule has 1 unspecified atom stereocenters. The quantitative estimate of drug-likeness (QED) is 0.660. The molecule has 1 N–H and O–H groups in total. The molecule has 3 fully saturated rings. The summed E-state index contributed by atoms with van der Waals surface area (Å²) in [5.74, 6) is -0.0863. The van der Waals surface area contributed by atoms with Crippen molar-refractivity contribution >= 4 is 11.9 Å². The van der Waals surface area contributed by atoms with Gasteiger partial charge in [0.05, 0.1) is 19.3 Å². The fraction of sp³-hybridized carbons (Fsp3) is 0.818. The zero-order valence-corrected chi connectivity index (χ0v) is 9.36. The first-order valence-electron chi connectivity index (χ1n) is 5.81. The zero-order chi connectivity index (χ0) is 11.3. The van der Waals surface area contributed by atoms with E-state index in [4.69, 9.17) is 4.74 Å². The number of carbonyl (C=O) groups excluding carboxylic acids is 2. The van der Waals surface area contributed by atoms with Crippen molar-refractivity contribution in [3.05, 3.63) is 0 Å². The molecule has 0 aromatic carbocycles. The lowest BCUT2D eigenvalue weighted by Gasteiger charge is -2.47. The molecule has 16 heavy (non-hydrogen) atoms. The Morgan fingerprint density at radius 2 is 2.12 bits per heavy atom. The van der Waals surface area contributed by atoms with Gasteiger partial charge < -0.3 is 10.1 Å². The second-order valence-electron chi connectivity index (χ2n) is 5.31. The van der Waals surface area contributed by atoms with Crippen LogP contribution in [0.5, 0.6) is 0 Å². The Bertz CT molecular complexity index is 333. The number of urea groups is 1. The van der Waals surface area contributed by atoms with E-state index in [9.17, 15) is 9.59 Å². The predicted molar refractivity (Wildman–Crippen MR) is 55.7 cm³/mol. The Labute approximate surface area is 94.1 Å². The molecule has 1 saturated carbocycles. The minimum atomic E-state index is -0.225. The average molecular weight is 224 g/mol. The van der Waals surface area contributed by atoms with Crippen LogP contribution in [0.15, 0.2) is 0 Å². The maximum absolute atomic E-state index is 11.5. The largest absolute Gasteiger partial charge is 0.378 e. The first kappa shape index (κ1) is 10.1. The number of hydrogen-bond donors (Lipinski definition) is 1. The molecule has 88 valence electrons. The Balaban J connectivity index is 1.65. The highest BCUT2D eigenvalue weighted by atomic mass is 16.5. The topological polar surface area (TPSA) is 58.6 Å². The van der Waals surface area contributed by atoms with Crippen molar-refractivity contribution in [2.75, 3.05) is 13.2 Å². The lowest BCUT2D eigenvalue weighted by atomic mass is 9.64. The fourth-order valence-corrected chi connectivity index (χ4v) is 3.26. The van der Waals surface area contributed by atoms with Crippen molar-refractivity contribution in [2.45, 2.75) is 38.3 Å². The minimum absolute atomic E-state index is 0.0863. The van der Waals surface area contributed by atoms with E-state index >= 15 is 0 Å². The van der Waals surface area contributed by atoms with Gasteiger partial charge >= 0.3 is 6.03 Å². The van der Waals surface area contributed by atoms with Gasteiger partial charge in [0.1, 0.15) is 0 Å². The van der Waals surface area contributed by atoms with Gasteiger partial charge in [-0.15, -0.1) is 0 Å². The molecule has 1 atom stereocenters. The van der Waals surface area contributed by atoms with Gasteiger partial charge in [0.25, 0.3) is 0 Å². The van der Waals surface area contributed by atoms with Crippen LogP contribution in [0, 0.1) is 5.41 Å². The summed E-state index contributed by atoms with van der Waals surface area (Å²) >= 11 is 0. The van der Waals surface area contributed by atoms with Gasteiger partial charge in [-0.2, -0.15) is 0 Å². The van der Waals surface area contributed by atoms with Gasteiger partial charge in [-0.05, 0) is 26.2 Å². The van der Waals surface area contributed by atoms with E-state index in [0.29, 0.717) is 6.10 Å². The van der Waals surface area contributed by atoms with E-state index < -0.39 is 0 Å². The lowest BCUT2D eigenvalue weighted by Crippen LogP contribution is -2.53. The molecule has 3 rings (SSSR count). The molecule has 1 spiro atoms. The molecule has 0 aromatic heterocycles. The highest BCUT2D eigenvalue weighted by molar-refractivity contribution is 6.02. The summed E-state index contributed by atoms with van der Waals surface area (Å²) in [6.45, 7) is 3.03. The molecule has 5 nitrogen and oxygen atoms in total. The van der Waals surface area contributed by atoms with Crippen molar-refractivity contribution in [3.8, 4) is 0 Å². The highest BCUT2D eigenvalue weighted by Crippen LogP contribution is 2.51. The molecular weight excluding hydrogens is 208 g/mol. The van der Waals surface area contributed by atoms with E-state index in [1.165, 1.54) is 4.90 Å². The minimum Gasteiger partial charge on any atom is -0.378 e. The third-order valence-corrected chi connectivity index (χ3v) is 3.98. The number of carbonyl (C=O) groups is 2. The predicted octanol–water partition coefficient (Wildman–Crippen LogP) is 0.496. The number of amides is 3. The van der Waals surface area contributed by atoms with Gasteiger partial charge in [0.15, 0.2) is 0 Å². The Kier molecular flexibility index (Phi) is 2.01. The van der Waals surface area contributed by atoms with Crippen molar-refractivity contribution in [1.82, 2.24) is 10.2 Å². The summed E-state index contributed by atoms with van der Waals surface area (Å²) in [6.07, 6.45) is 3.21. The van der Waals surface area contributed by atoms with Crippen LogP contribution < -0.4 is 5.32 Å². The van der Waals surface area contributed by atoms with Crippen LogP contribution in [0.2, 0.25) is 0 Å². The van der Waals surface area contributed by atoms with Crippen molar-refractivity contribution in [1.29, 1.82) is 0 Å². The molecular formula is C11H16N2O3. The highest BCUT2D eigenvalue weighted by Gasteiger charge is 2.53. The molecule has 3 amide bonds. The van der Waals surface area contributed by atoms with E-state index in [2.05, 4.69) is 12.2 Å². The first-order chi connectivity index (χ1) is 7.60. The smallest absolute Gasteiger partial charge is 0.324 e. The van der Waals surface area contributed by atoms with Crippen molar-refractivity contribution in [2.24, 2.45) is 5.41 Å². The molecule has 0 radical (unpaired) electrons. The Hall–Kier alpha value is -1.10. The normalized spacial score (nSPS) is 42.7. The molecule has 2 heterocycles. The number of rotatable bonds is 1. The van der Waals surface area contributed by atoms with Crippen LogP contribution in [0.25, 0.3) is 0 Å². The summed E-state index contributed by atoms with van der Waals surface area (Å²) in [6, 6.07) is -0.124. The third-order valence-electron chi connectivity index (χ3n) is 3.98. The molecule has 2 saturated heterocycles. The summed E-state index contributed by atoms with van der Waals surface area (Å²) in [7, 11) is 0. The van der Waals surface area contributed by atoms with Gasteiger partial charge in [0, 0.05) is 11.5 Å². The van der Waals surface area contributed by atoms with E-state index in [1.807, 2.05) is 0 Å². The summed E-state index contributed by atoms with van der Waals surface area (Å²) < 4.78 is 5.57. The standard InChI is InChI=1S/C11H16N2O3/c1-7-2-11(6-16-7)3-8(4-11)13-9(14)5-12-10(13)15/h7-8H,2-6H2,1H3,(H,12,15). The SMILES string of the molecule is CC1CC2(CO1)CC(N1C(=O)CNC1=O)C2. The number of imide groups is 1. The monoisotopic (exact) mass is 224 g/mol. The van der Waals surface area contributed by atoms with Crippen LogP contribution in [-0.4, -0.2) is 42.1 Å². The van der Waals surface area contributed by atoms with Gasteiger partial charge in [-0.3, -0.25) is 9.69 Å². The summed E-state index contributed by atoms with van der Waals surface area (Å²) in [4.78, 5) is 24.3. The van der Waals surface area contributed by atoms with E-state index in [-0.39, 0.29) is 29.9 Å². The number of nitrogens with one attached hydrogen (secondary N) is 1. The van der Waals surface area contributed by atoms with Gasteiger partial charge in [-0.25, -0.2) is 4.79 Å². The van der Waals surface area contributed by atoms with Crippen LogP contribution in [0.4, 0.5) is 4.79 Å². The first-order valence-corrected chi connectivity index (χ1v) is 5.81. The summed E-state index contributed by atoms with van der Waals surface area (Å²) in [5, 5.41) is 2.56. The summed E-state index contributed by atoms with van der Waals surface area (Å²) in [5.41, 5.74) is 0.243. The van der Waals surface area contributed by atoms with Crippen LogP contribution in [-0.2, 0) is 9.53 Å². The molecule has 1 aliphatic carbocycles. The number of hydrogen-bond acceptors (Lipinski definition) is 3. The van der Waals surface area contributed by atoms with Crippen molar-refractivity contribution in [3.63, 3.8) is 0 Å². The van der Waals surface area contributed by atoms with E-state index in [0.717, 1.165) is 25.9 Å². The number of ether oxygens (including phenoxy) is 1. The molecule has 0 aromatic rings. The lowest BCUT2D eigenvalue weighted by molar-refractivity contribution is -0.130. The number of nitrogens with zero attached hydrogens (tertiary/aromatic N) is 1. The maximum atomic E-state index is 11.5. The fourth-order valence-electron chi connectivity index (χ4n) is 3.26. The van der Waals surface area contributed by atoms with E-state index in [1.54, 1.807) is 0 Å². The molecule has 2 aliphatic heterocycles. The van der Waals surface area contributed by atoms with Crippen LogP contribution in [0.3, 0.4) is 0 Å². The third kappa shape index (κ3) is 1.34. The Morgan fingerprint density at radius 3 is 2.62 bits per heavy atom. The van der Waals surface area contributed by atoms with Crippen LogP contribution >= 0.6 is 0 Å². The Morgan fingerprint density at radius 1 is 1.38 bits per heavy atom. The van der Waals surface area contributed by atoms with Gasteiger partial charge in [0.2, 0.25) is 5.91 Å². The molecule has 3 aliphatic rings. The van der Waals surface area contributed by atoms with Crippen LogP contribution in [0.1, 0.15) is 26.2 Å². The molecule has 0 bridgehead atoms. The zero-order valence-electron chi connectivity index (χ0n) is 9.36. The average Bonchev–Trinajstić information content (AvgIpc) is 2.69. The van der Waals surface area contributed by atoms with Crippen molar-refractivity contribution < 1.29 is 14.3 Å². The second-order valence-corrected chi connectivity index (χ2v) is 5.31.